The highest BCUT2D eigenvalue weighted by Crippen LogP contribution is 2.30. The van der Waals surface area contributed by atoms with E-state index >= 15 is 0 Å². The van der Waals surface area contributed by atoms with Crippen LogP contribution < -0.4 is 25.1 Å². The molecular formula is C22H18N4O3S. The summed E-state index contributed by atoms with van der Waals surface area (Å²) in [5.41, 5.74) is 4.21. The fourth-order valence-corrected chi connectivity index (χ4v) is 4.80. The second-order valence-corrected chi connectivity index (χ2v) is 8.39. The van der Waals surface area contributed by atoms with Gasteiger partial charge in [-0.25, -0.2) is 4.99 Å². The van der Waals surface area contributed by atoms with Crippen molar-refractivity contribution in [3.05, 3.63) is 78.8 Å². The number of aryl methyl sites for hydroxylation is 1. The molecule has 2 aromatic carbocycles. The van der Waals surface area contributed by atoms with E-state index in [0.717, 1.165) is 22.5 Å². The highest BCUT2D eigenvalue weighted by molar-refractivity contribution is 7.07. The summed E-state index contributed by atoms with van der Waals surface area (Å²) in [4.78, 5) is 44.4. The van der Waals surface area contributed by atoms with Gasteiger partial charge >= 0.3 is 0 Å². The van der Waals surface area contributed by atoms with E-state index in [1.165, 1.54) is 18.3 Å². The maximum atomic E-state index is 13.2. The zero-order valence-corrected chi connectivity index (χ0v) is 17.2. The third kappa shape index (κ3) is 2.88. The summed E-state index contributed by atoms with van der Waals surface area (Å²) >= 11 is 1.25. The molecule has 1 aromatic heterocycles. The smallest absolute Gasteiger partial charge is 0.272 e. The van der Waals surface area contributed by atoms with Crippen LogP contribution >= 0.6 is 11.3 Å². The lowest BCUT2D eigenvalue weighted by molar-refractivity contribution is -0.110. The Morgan fingerprint density at radius 1 is 1.13 bits per heavy atom. The van der Waals surface area contributed by atoms with Gasteiger partial charge in [-0.15, -0.1) is 0 Å². The van der Waals surface area contributed by atoms with Crippen molar-refractivity contribution in [2.75, 3.05) is 16.9 Å². The third-order valence-corrected chi connectivity index (χ3v) is 6.45. The largest absolute Gasteiger partial charge is 0.334 e. The Balaban J connectivity index is 1.59. The van der Waals surface area contributed by atoms with Crippen LogP contribution in [0.1, 0.15) is 28.4 Å². The topological polar surface area (TPSA) is 83.8 Å². The second-order valence-electron chi connectivity index (χ2n) is 7.41. The van der Waals surface area contributed by atoms with Crippen molar-refractivity contribution in [3.8, 4) is 0 Å². The maximum absolute atomic E-state index is 13.2. The zero-order chi connectivity index (χ0) is 21.0. The molecule has 0 fully saturated rings. The monoisotopic (exact) mass is 418 g/mol. The minimum atomic E-state index is -0.261. The maximum Gasteiger partial charge on any atom is 0.272 e. The Hall–Kier alpha value is -3.52. The molecule has 0 radical (unpaired) electrons. The van der Waals surface area contributed by atoms with Crippen LogP contribution in [0.15, 0.2) is 52.3 Å². The van der Waals surface area contributed by atoms with E-state index in [4.69, 9.17) is 0 Å². The van der Waals surface area contributed by atoms with E-state index in [-0.39, 0.29) is 17.2 Å². The number of carbonyl (C=O) groups is 2. The molecular weight excluding hydrogens is 400 g/mol. The predicted octanol–water partition coefficient (Wildman–Crippen LogP) is 1.63. The van der Waals surface area contributed by atoms with E-state index in [1.54, 1.807) is 16.7 Å². The molecule has 0 bridgehead atoms. The number of anilines is 2. The number of aromatic nitrogens is 1. The van der Waals surface area contributed by atoms with Crippen LogP contribution in [0, 0.1) is 6.92 Å². The molecule has 150 valence electrons. The first-order valence-corrected chi connectivity index (χ1v) is 10.3. The van der Waals surface area contributed by atoms with Crippen LogP contribution in [0.25, 0.3) is 5.57 Å². The first kappa shape index (κ1) is 18.5. The molecule has 0 spiro atoms. The Labute approximate surface area is 175 Å². The number of hydrogen-bond acceptors (Lipinski definition) is 6. The number of amides is 1. The van der Waals surface area contributed by atoms with E-state index in [1.807, 2.05) is 42.2 Å². The van der Waals surface area contributed by atoms with Crippen molar-refractivity contribution >= 4 is 40.0 Å². The number of ketones is 1. The van der Waals surface area contributed by atoms with Gasteiger partial charge in [-0.2, -0.15) is 0 Å². The Morgan fingerprint density at radius 2 is 1.90 bits per heavy atom. The number of rotatable bonds is 2. The summed E-state index contributed by atoms with van der Waals surface area (Å²) in [5, 5.41) is 2.84. The average molecular weight is 418 g/mol. The first-order chi connectivity index (χ1) is 14.4. The molecule has 5 rings (SSSR count). The van der Waals surface area contributed by atoms with E-state index in [9.17, 15) is 14.4 Å². The summed E-state index contributed by atoms with van der Waals surface area (Å²) in [6.45, 7) is 4.22. The molecule has 8 heteroatoms. The zero-order valence-electron chi connectivity index (χ0n) is 16.4. The van der Waals surface area contributed by atoms with Gasteiger partial charge in [0.2, 0.25) is 0 Å². The Kier molecular flexibility index (Phi) is 4.18. The molecule has 0 atom stereocenters. The van der Waals surface area contributed by atoms with Gasteiger partial charge in [0, 0.05) is 22.5 Å². The summed E-state index contributed by atoms with van der Waals surface area (Å²) in [7, 11) is 0. The number of benzene rings is 2. The van der Waals surface area contributed by atoms with Crippen LogP contribution in [0.4, 0.5) is 11.4 Å². The van der Waals surface area contributed by atoms with Crippen molar-refractivity contribution in [2.24, 2.45) is 4.99 Å². The molecule has 3 aromatic rings. The van der Waals surface area contributed by atoms with Gasteiger partial charge in [-0.3, -0.25) is 19.0 Å². The number of nitrogens with one attached hydrogen (secondary N) is 1. The van der Waals surface area contributed by atoms with Gasteiger partial charge in [-0.05, 0) is 50.2 Å². The molecule has 1 N–H and O–H groups in total. The number of thiazole rings is 1. The van der Waals surface area contributed by atoms with Gasteiger partial charge in [0.1, 0.15) is 17.9 Å². The average Bonchev–Trinajstić information content (AvgIpc) is 3.23. The van der Waals surface area contributed by atoms with Gasteiger partial charge in [-0.1, -0.05) is 23.0 Å². The molecule has 3 heterocycles. The minimum Gasteiger partial charge on any atom is -0.334 e. The summed E-state index contributed by atoms with van der Waals surface area (Å²) < 4.78 is 2.00. The van der Waals surface area contributed by atoms with E-state index in [2.05, 4.69) is 10.3 Å². The molecule has 2 aliphatic heterocycles. The van der Waals surface area contributed by atoms with Crippen LogP contribution in [-0.4, -0.2) is 22.9 Å². The molecule has 0 unspecified atom stereocenters. The molecule has 7 nitrogen and oxygen atoms in total. The molecule has 2 aliphatic rings. The number of carbonyl (C=O) groups excluding carboxylic acids is 2. The Morgan fingerprint density at radius 3 is 2.63 bits per heavy atom. The summed E-state index contributed by atoms with van der Waals surface area (Å²) in [6.07, 6.45) is 0. The highest BCUT2D eigenvalue weighted by Gasteiger charge is 2.28. The van der Waals surface area contributed by atoms with Crippen LogP contribution in [0.5, 0.6) is 0 Å². The second kappa shape index (κ2) is 6.77. The summed E-state index contributed by atoms with van der Waals surface area (Å²) in [5.74, 6) is -0.253. The third-order valence-electron chi connectivity index (χ3n) is 5.34. The van der Waals surface area contributed by atoms with Crippen molar-refractivity contribution in [3.63, 3.8) is 0 Å². The van der Waals surface area contributed by atoms with Gasteiger partial charge in [0.05, 0.1) is 5.57 Å². The fourth-order valence-electron chi connectivity index (χ4n) is 3.74. The SMILES string of the molecule is CC(=O)c1ccc(N2CN=c3sc(=C4C(=O)Nc5ccc(C)cc54)c(=O)n3C2)cc1. The van der Waals surface area contributed by atoms with Crippen molar-refractivity contribution in [2.45, 2.75) is 20.5 Å². The summed E-state index contributed by atoms with van der Waals surface area (Å²) in [6, 6.07) is 13.0. The van der Waals surface area contributed by atoms with Gasteiger partial charge in [0.25, 0.3) is 11.5 Å². The molecule has 0 saturated heterocycles. The molecule has 0 saturated carbocycles. The van der Waals surface area contributed by atoms with Crippen molar-refractivity contribution in [1.82, 2.24) is 4.57 Å². The van der Waals surface area contributed by atoms with Crippen LogP contribution in [0.3, 0.4) is 0 Å². The highest BCUT2D eigenvalue weighted by atomic mass is 32.1. The fraction of sp³-hybridized carbons (Fsp3) is 0.182. The number of nitrogens with zero attached hydrogens (tertiary/aromatic N) is 3. The lowest BCUT2D eigenvalue weighted by atomic mass is 10.1. The standard InChI is InChI=1S/C22H18N4O3S/c1-12-3-8-17-16(9-12)18(20(28)24-17)19-21(29)26-11-25(10-23-22(26)30-19)15-6-4-14(5-7-15)13(2)27/h3-9H,10-11H2,1-2H3,(H,24,28). The number of hydrogen-bond donors (Lipinski definition) is 1. The van der Waals surface area contributed by atoms with Gasteiger partial charge in [0.15, 0.2) is 10.6 Å². The minimum absolute atomic E-state index is 0.00764. The molecule has 1 amide bonds. The lowest BCUT2D eigenvalue weighted by Gasteiger charge is -2.25. The van der Waals surface area contributed by atoms with Gasteiger partial charge < -0.3 is 10.2 Å². The molecule has 0 aliphatic carbocycles. The number of Topliss-reactive ketones (excluding diaryl/α,β-unsaturated/α-hetero) is 1. The predicted molar refractivity (Wildman–Crippen MR) is 115 cm³/mol. The normalized spacial score (nSPS) is 16.6. The Bertz CT molecular complexity index is 1400. The van der Waals surface area contributed by atoms with E-state index < -0.39 is 0 Å². The lowest BCUT2D eigenvalue weighted by Crippen LogP contribution is -2.43. The molecule has 30 heavy (non-hydrogen) atoms. The quantitative estimate of drug-likeness (QED) is 0.641. The van der Waals surface area contributed by atoms with E-state index in [0.29, 0.717) is 33.8 Å². The van der Waals surface area contributed by atoms with Crippen molar-refractivity contribution in [1.29, 1.82) is 0 Å². The van der Waals surface area contributed by atoms with Crippen LogP contribution in [0.2, 0.25) is 0 Å². The first-order valence-electron chi connectivity index (χ1n) is 9.49. The van der Waals surface area contributed by atoms with Crippen LogP contribution in [-0.2, 0) is 11.5 Å². The van der Waals surface area contributed by atoms with Crippen molar-refractivity contribution < 1.29 is 9.59 Å². The number of fused-ring (bicyclic) bond motifs is 2.